The van der Waals surface area contributed by atoms with Crippen LogP contribution in [0.2, 0.25) is 0 Å². The molecule has 108 valence electrons. The second-order valence-electron chi connectivity index (χ2n) is 5.05. The van der Waals surface area contributed by atoms with E-state index in [1.54, 1.807) is 18.2 Å². The van der Waals surface area contributed by atoms with Crippen LogP contribution >= 0.6 is 15.9 Å². The Morgan fingerprint density at radius 2 is 2.10 bits per heavy atom. The van der Waals surface area contributed by atoms with Crippen molar-refractivity contribution in [1.82, 2.24) is 0 Å². The Bertz CT molecular complexity index is 688. The molecule has 0 radical (unpaired) electrons. The van der Waals surface area contributed by atoms with E-state index in [4.69, 9.17) is 10.5 Å². The lowest BCUT2D eigenvalue weighted by molar-refractivity contribution is -0.121. The summed E-state index contributed by atoms with van der Waals surface area (Å²) in [5.41, 5.74) is 8.12. The van der Waals surface area contributed by atoms with Gasteiger partial charge in [-0.15, -0.1) is 0 Å². The Labute approximate surface area is 131 Å². The van der Waals surface area contributed by atoms with Crippen LogP contribution in [-0.2, 0) is 11.2 Å². The number of ether oxygens (including phenoxy) is 1. The van der Waals surface area contributed by atoms with Gasteiger partial charge in [-0.25, -0.2) is 0 Å². The molecule has 2 aromatic rings. The van der Waals surface area contributed by atoms with Crippen molar-refractivity contribution in [2.75, 3.05) is 17.7 Å². The van der Waals surface area contributed by atoms with Crippen LogP contribution in [0.15, 0.2) is 46.9 Å². The van der Waals surface area contributed by atoms with Gasteiger partial charge in [-0.3, -0.25) is 4.79 Å². The maximum absolute atomic E-state index is 12.4. The van der Waals surface area contributed by atoms with E-state index in [0.717, 1.165) is 15.8 Å². The molecule has 5 heteroatoms. The number of hydrogen-bond donors (Lipinski definition) is 2. The third-order valence-corrected chi connectivity index (χ3v) is 4.16. The molecule has 1 atom stereocenters. The van der Waals surface area contributed by atoms with Crippen molar-refractivity contribution in [1.29, 1.82) is 0 Å². The number of anilines is 2. The minimum Gasteiger partial charge on any atom is -0.492 e. The minimum absolute atomic E-state index is 0.0463. The van der Waals surface area contributed by atoms with Gasteiger partial charge in [0.15, 0.2) is 0 Å². The molecule has 0 spiro atoms. The molecule has 2 aromatic carbocycles. The minimum atomic E-state index is -0.190. The van der Waals surface area contributed by atoms with Crippen LogP contribution in [0, 0.1) is 5.92 Å². The molecule has 21 heavy (non-hydrogen) atoms. The van der Waals surface area contributed by atoms with Crippen molar-refractivity contribution in [3.63, 3.8) is 0 Å². The van der Waals surface area contributed by atoms with Gasteiger partial charge >= 0.3 is 0 Å². The summed E-state index contributed by atoms with van der Waals surface area (Å²) in [7, 11) is 0. The van der Waals surface area contributed by atoms with Gasteiger partial charge in [-0.05, 0) is 52.2 Å². The maximum atomic E-state index is 12.4. The summed E-state index contributed by atoms with van der Waals surface area (Å²) < 4.78 is 6.42. The first-order valence-electron chi connectivity index (χ1n) is 6.70. The fourth-order valence-electron chi connectivity index (χ4n) is 2.36. The second-order valence-corrected chi connectivity index (χ2v) is 5.90. The van der Waals surface area contributed by atoms with Crippen LogP contribution in [0.4, 0.5) is 11.4 Å². The van der Waals surface area contributed by atoms with E-state index in [0.29, 0.717) is 24.4 Å². The molecule has 0 saturated heterocycles. The van der Waals surface area contributed by atoms with E-state index >= 15 is 0 Å². The fraction of sp³-hybridized carbons (Fsp3) is 0.188. The van der Waals surface area contributed by atoms with Crippen molar-refractivity contribution in [3.05, 3.63) is 52.5 Å². The number of amides is 1. The number of fused-ring (bicyclic) bond motifs is 1. The zero-order valence-corrected chi connectivity index (χ0v) is 12.9. The summed E-state index contributed by atoms with van der Waals surface area (Å²) in [5, 5.41) is 2.92. The lowest BCUT2D eigenvalue weighted by Crippen LogP contribution is -2.32. The molecule has 1 heterocycles. The smallest absolute Gasteiger partial charge is 0.231 e. The summed E-state index contributed by atoms with van der Waals surface area (Å²) in [4.78, 5) is 12.4. The topological polar surface area (TPSA) is 64.3 Å². The highest BCUT2D eigenvalue weighted by atomic mass is 79.9. The van der Waals surface area contributed by atoms with Gasteiger partial charge in [0.2, 0.25) is 5.91 Å². The first kappa shape index (κ1) is 13.9. The van der Waals surface area contributed by atoms with Crippen molar-refractivity contribution >= 4 is 33.2 Å². The van der Waals surface area contributed by atoms with Gasteiger partial charge in [-0.1, -0.05) is 18.2 Å². The number of rotatable bonds is 2. The zero-order chi connectivity index (χ0) is 14.8. The number of benzene rings is 2. The Morgan fingerprint density at radius 3 is 2.90 bits per heavy atom. The molecule has 1 aliphatic heterocycles. The molecule has 0 aromatic heterocycles. The normalized spacial score (nSPS) is 16.7. The predicted octanol–water partition coefficient (Wildman–Crippen LogP) is 3.22. The monoisotopic (exact) mass is 346 g/mol. The molecule has 3 N–H and O–H groups in total. The molecule has 0 bridgehead atoms. The summed E-state index contributed by atoms with van der Waals surface area (Å²) in [6.45, 7) is 0.398. The van der Waals surface area contributed by atoms with Crippen LogP contribution in [0.25, 0.3) is 0 Å². The molecule has 0 aliphatic carbocycles. The molecule has 1 aliphatic rings. The first-order chi connectivity index (χ1) is 10.1. The number of nitrogens with one attached hydrogen (secondary N) is 1. The van der Waals surface area contributed by atoms with E-state index in [-0.39, 0.29) is 11.8 Å². The summed E-state index contributed by atoms with van der Waals surface area (Å²) >= 11 is 3.40. The zero-order valence-electron chi connectivity index (χ0n) is 11.3. The van der Waals surface area contributed by atoms with Gasteiger partial charge in [0, 0.05) is 10.2 Å². The number of para-hydroxylation sites is 1. The summed E-state index contributed by atoms with van der Waals surface area (Å²) in [6, 6.07) is 13.1. The summed E-state index contributed by atoms with van der Waals surface area (Å²) in [5.74, 6) is 0.634. The summed E-state index contributed by atoms with van der Waals surface area (Å²) in [6.07, 6.45) is 0.689. The lowest BCUT2D eigenvalue weighted by Gasteiger charge is -2.24. The van der Waals surface area contributed by atoms with Crippen LogP contribution in [0.5, 0.6) is 5.75 Å². The largest absolute Gasteiger partial charge is 0.492 e. The molecule has 1 unspecified atom stereocenters. The number of carbonyl (C=O) groups excluding carboxylic acids is 1. The third kappa shape index (κ3) is 3.03. The third-order valence-electron chi connectivity index (χ3n) is 3.50. The first-order valence-corrected chi connectivity index (χ1v) is 7.49. The maximum Gasteiger partial charge on any atom is 0.231 e. The predicted molar refractivity (Wildman–Crippen MR) is 86.3 cm³/mol. The van der Waals surface area contributed by atoms with Gasteiger partial charge in [-0.2, -0.15) is 0 Å². The van der Waals surface area contributed by atoms with Gasteiger partial charge in [0.05, 0.1) is 11.6 Å². The Balaban J connectivity index is 1.72. The van der Waals surface area contributed by atoms with Crippen molar-refractivity contribution in [3.8, 4) is 5.75 Å². The average molecular weight is 347 g/mol. The standard InChI is InChI=1S/C16H15BrN2O2/c17-13-8-12(18)5-6-14(13)19-16(20)11-7-10-3-1-2-4-15(10)21-9-11/h1-6,8,11H,7,9,18H2,(H,19,20). The van der Waals surface area contributed by atoms with E-state index in [2.05, 4.69) is 21.2 Å². The number of carbonyl (C=O) groups is 1. The van der Waals surface area contributed by atoms with E-state index < -0.39 is 0 Å². The van der Waals surface area contributed by atoms with Crippen LogP contribution < -0.4 is 15.8 Å². The molecular weight excluding hydrogens is 332 g/mol. The van der Waals surface area contributed by atoms with Gasteiger partial charge in [0.25, 0.3) is 0 Å². The highest BCUT2D eigenvalue weighted by Crippen LogP contribution is 2.29. The molecule has 3 rings (SSSR count). The van der Waals surface area contributed by atoms with Crippen LogP contribution in [0.3, 0.4) is 0 Å². The number of hydrogen-bond acceptors (Lipinski definition) is 3. The number of halogens is 1. The number of nitrogen functional groups attached to an aromatic ring is 1. The SMILES string of the molecule is Nc1ccc(NC(=O)C2COc3ccccc3C2)c(Br)c1. The Morgan fingerprint density at radius 1 is 1.29 bits per heavy atom. The Kier molecular flexibility index (Phi) is 3.84. The van der Waals surface area contributed by atoms with E-state index in [1.165, 1.54) is 0 Å². The van der Waals surface area contributed by atoms with Crippen molar-refractivity contribution in [2.45, 2.75) is 6.42 Å². The highest BCUT2D eigenvalue weighted by molar-refractivity contribution is 9.10. The Hall–Kier alpha value is -2.01. The molecule has 0 fully saturated rings. The molecular formula is C16H15BrN2O2. The van der Waals surface area contributed by atoms with Crippen molar-refractivity contribution in [2.24, 2.45) is 5.92 Å². The lowest BCUT2D eigenvalue weighted by atomic mass is 9.96. The van der Waals surface area contributed by atoms with E-state index in [1.807, 2.05) is 24.3 Å². The number of nitrogens with two attached hydrogens (primary N) is 1. The van der Waals surface area contributed by atoms with Crippen LogP contribution in [-0.4, -0.2) is 12.5 Å². The second kappa shape index (κ2) is 5.77. The molecule has 1 amide bonds. The van der Waals surface area contributed by atoms with Crippen LogP contribution in [0.1, 0.15) is 5.56 Å². The molecule has 4 nitrogen and oxygen atoms in total. The van der Waals surface area contributed by atoms with Gasteiger partial charge < -0.3 is 15.8 Å². The van der Waals surface area contributed by atoms with E-state index in [9.17, 15) is 4.79 Å². The van der Waals surface area contributed by atoms with Gasteiger partial charge in [0.1, 0.15) is 12.4 Å². The average Bonchev–Trinajstić information content (AvgIpc) is 2.49. The van der Waals surface area contributed by atoms with Crippen molar-refractivity contribution < 1.29 is 9.53 Å². The highest BCUT2D eigenvalue weighted by Gasteiger charge is 2.26. The molecule has 0 saturated carbocycles. The quantitative estimate of drug-likeness (QED) is 0.820. The fourth-order valence-corrected chi connectivity index (χ4v) is 2.86.